The van der Waals surface area contributed by atoms with Crippen LogP contribution in [-0.4, -0.2) is 37.4 Å². The molecule has 1 amide bonds. The second kappa shape index (κ2) is 6.30. The van der Waals surface area contributed by atoms with Gasteiger partial charge in [-0.2, -0.15) is 0 Å². The Kier molecular flexibility index (Phi) is 4.02. The predicted octanol–water partition coefficient (Wildman–Crippen LogP) is 2.91. The number of nitrogens with one attached hydrogen (secondary N) is 1. The van der Waals surface area contributed by atoms with Gasteiger partial charge in [0.05, 0.1) is 25.4 Å². The summed E-state index contributed by atoms with van der Waals surface area (Å²) >= 11 is 0. The molecule has 0 bridgehead atoms. The van der Waals surface area contributed by atoms with Crippen LogP contribution in [0.25, 0.3) is 10.8 Å². The molecule has 0 aromatic heterocycles. The fourth-order valence-corrected chi connectivity index (χ4v) is 3.60. The molecule has 3 atom stereocenters. The highest BCUT2D eigenvalue weighted by molar-refractivity contribution is 5.98. The Hall–Kier alpha value is -1.91. The zero-order valence-corrected chi connectivity index (χ0v) is 13.0. The van der Waals surface area contributed by atoms with Crippen LogP contribution < -0.4 is 5.32 Å². The molecule has 1 heterocycles. The average molecular weight is 311 g/mol. The first-order valence-electron chi connectivity index (χ1n) is 8.32. The first kappa shape index (κ1) is 14.7. The number of benzene rings is 2. The molecule has 0 radical (unpaired) electrons. The van der Waals surface area contributed by atoms with Gasteiger partial charge in [0.1, 0.15) is 0 Å². The van der Waals surface area contributed by atoms with Gasteiger partial charge in [-0.3, -0.25) is 4.79 Å². The fourth-order valence-electron chi connectivity index (χ4n) is 3.60. The molecule has 2 fully saturated rings. The molecule has 4 nitrogen and oxygen atoms in total. The number of hydrogen-bond acceptors (Lipinski definition) is 3. The fraction of sp³-hybridized carbons (Fsp3) is 0.421. The van der Waals surface area contributed by atoms with E-state index in [1.807, 2.05) is 36.4 Å². The number of carbonyl (C=O) groups is 1. The second-order valence-corrected chi connectivity index (χ2v) is 6.36. The van der Waals surface area contributed by atoms with Gasteiger partial charge in [0.15, 0.2) is 0 Å². The molecular weight excluding hydrogens is 290 g/mol. The monoisotopic (exact) mass is 311 g/mol. The maximum absolute atomic E-state index is 12.5. The Bertz CT molecular complexity index is 715. The summed E-state index contributed by atoms with van der Waals surface area (Å²) in [5, 5.41) is 5.40. The summed E-state index contributed by atoms with van der Waals surface area (Å²) in [6.07, 6.45) is 3.07. The third kappa shape index (κ3) is 3.09. The van der Waals surface area contributed by atoms with Crippen LogP contribution >= 0.6 is 0 Å². The number of carbonyl (C=O) groups excluding carboxylic acids is 1. The van der Waals surface area contributed by atoms with Crippen LogP contribution in [0.1, 0.15) is 29.6 Å². The van der Waals surface area contributed by atoms with Gasteiger partial charge in [-0.05, 0) is 42.2 Å². The van der Waals surface area contributed by atoms with Crippen molar-refractivity contribution in [2.75, 3.05) is 13.2 Å². The highest BCUT2D eigenvalue weighted by atomic mass is 16.6. The highest BCUT2D eigenvalue weighted by Gasteiger charge is 2.34. The average Bonchev–Trinajstić information content (AvgIpc) is 2.61. The van der Waals surface area contributed by atoms with Gasteiger partial charge < -0.3 is 14.8 Å². The van der Waals surface area contributed by atoms with Gasteiger partial charge in [0.25, 0.3) is 5.91 Å². The topological polar surface area (TPSA) is 47.6 Å². The third-order valence-electron chi connectivity index (χ3n) is 4.83. The van der Waals surface area contributed by atoms with Gasteiger partial charge in [-0.1, -0.05) is 30.3 Å². The minimum atomic E-state index is -0.00377. The van der Waals surface area contributed by atoms with E-state index in [2.05, 4.69) is 11.4 Å². The molecule has 2 aromatic carbocycles. The van der Waals surface area contributed by atoms with E-state index in [0.29, 0.717) is 18.8 Å². The van der Waals surface area contributed by atoms with Crippen LogP contribution in [0.15, 0.2) is 42.5 Å². The third-order valence-corrected chi connectivity index (χ3v) is 4.83. The summed E-state index contributed by atoms with van der Waals surface area (Å²) in [7, 11) is 0. The first-order valence-corrected chi connectivity index (χ1v) is 8.32. The molecule has 1 aliphatic heterocycles. The normalized spacial score (nSPS) is 27.4. The number of amides is 1. The molecule has 1 saturated carbocycles. The Morgan fingerprint density at radius 2 is 1.74 bits per heavy atom. The maximum atomic E-state index is 12.5. The molecule has 4 rings (SSSR count). The highest BCUT2D eigenvalue weighted by Crippen LogP contribution is 2.27. The number of fused-ring (bicyclic) bond motifs is 2. The summed E-state index contributed by atoms with van der Waals surface area (Å²) in [5.74, 6) is -0.00377. The zero-order chi connectivity index (χ0) is 15.6. The first-order chi connectivity index (χ1) is 11.3. The summed E-state index contributed by atoms with van der Waals surface area (Å²) in [6, 6.07) is 14.1. The van der Waals surface area contributed by atoms with E-state index in [-0.39, 0.29) is 24.2 Å². The quantitative estimate of drug-likeness (QED) is 0.927. The van der Waals surface area contributed by atoms with E-state index in [1.165, 1.54) is 0 Å². The predicted molar refractivity (Wildman–Crippen MR) is 88.5 cm³/mol. The van der Waals surface area contributed by atoms with Crippen molar-refractivity contribution in [2.45, 2.75) is 37.5 Å². The van der Waals surface area contributed by atoms with Gasteiger partial charge in [-0.25, -0.2) is 0 Å². The standard InChI is InChI=1S/C19H21NO3/c21-19(15-6-5-13-3-1-2-4-14(13)11-15)20-16-7-8-17-18(12-16)23-10-9-22-17/h1-6,11,16-18H,7-10,12H2,(H,20,21). The Balaban J connectivity index is 1.44. The van der Waals surface area contributed by atoms with Crippen LogP contribution in [0.2, 0.25) is 0 Å². The molecule has 2 aliphatic rings. The van der Waals surface area contributed by atoms with Crippen LogP contribution in [0, 0.1) is 0 Å². The van der Waals surface area contributed by atoms with Crippen LogP contribution in [-0.2, 0) is 9.47 Å². The van der Waals surface area contributed by atoms with Crippen molar-refractivity contribution in [3.05, 3.63) is 48.0 Å². The smallest absolute Gasteiger partial charge is 0.251 e. The van der Waals surface area contributed by atoms with E-state index in [9.17, 15) is 4.79 Å². The molecule has 1 N–H and O–H groups in total. The van der Waals surface area contributed by atoms with E-state index in [1.54, 1.807) is 0 Å². The van der Waals surface area contributed by atoms with Crippen LogP contribution in [0.3, 0.4) is 0 Å². The van der Waals surface area contributed by atoms with Gasteiger partial charge in [0, 0.05) is 11.6 Å². The Labute approximate surface area is 135 Å². The summed E-state index contributed by atoms with van der Waals surface area (Å²) in [6.45, 7) is 1.35. The lowest BCUT2D eigenvalue weighted by atomic mass is 9.89. The Morgan fingerprint density at radius 1 is 0.957 bits per heavy atom. The van der Waals surface area contributed by atoms with Crippen molar-refractivity contribution in [2.24, 2.45) is 0 Å². The summed E-state index contributed by atoms with van der Waals surface area (Å²) in [5.41, 5.74) is 0.714. The molecule has 120 valence electrons. The maximum Gasteiger partial charge on any atom is 0.251 e. The number of ether oxygens (including phenoxy) is 2. The molecule has 0 spiro atoms. The molecular formula is C19H21NO3. The number of rotatable bonds is 2. The molecule has 3 unspecified atom stereocenters. The molecule has 1 aliphatic carbocycles. The molecule has 23 heavy (non-hydrogen) atoms. The van der Waals surface area contributed by atoms with E-state index in [4.69, 9.17) is 9.47 Å². The largest absolute Gasteiger partial charge is 0.373 e. The van der Waals surface area contributed by atoms with Crippen molar-refractivity contribution in [1.82, 2.24) is 5.32 Å². The van der Waals surface area contributed by atoms with Crippen molar-refractivity contribution in [3.8, 4) is 0 Å². The van der Waals surface area contributed by atoms with Gasteiger partial charge in [0.2, 0.25) is 0 Å². The van der Waals surface area contributed by atoms with E-state index in [0.717, 1.165) is 30.0 Å². The van der Waals surface area contributed by atoms with Gasteiger partial charge in [-0.15, -0.1) is 0 Å². The Morgan fingerprint density at radius 3 is 2.61 bits per heavy atom. The van der Waals surface area contributed by atoms with Crippen molar-refractivity contribution in [1.29, 1.82) is 0 Å². The SMILES string of the molecule is O=C(NC1CCC2OCCOC2C1)c1ccc2ccccc2c1. The summed E-state index contributed by atoms with van der Waals surface area (Å²) in [4.78, 5) is 12.5. The lowest BCUT2D eigenvalue weighted by molar-refractivity contribution is -0.157. The van der Waals surface area contributed by atoms with E-state index >= 15 is 0 Å². The number of hydrogen-bond donors (Lipinski definition) is 1. The van der Waals surface area contributed by atoms with Crippen LogP contribution in [0.4, 0.5) is 0 Å². The molecule has 1 saturated heterocycles. The lowest BCUT2D eigenvalue weighted by Gasteiger charge is -2.39. The molecule has 2 aromatic rings. The van der Waals surface area contributed by atoms with Crippen molar-refractivity contribution in [3.63, 3.8) is 0 Å². The van der Waals surface area contributed by atoms with Crippen molar-refractivity contribution < 1.29 is 14.3 Å². The zero-order valence-electron chi connectivity index (χ0n) is 13.0. The van der Waals surface area contributed by atoms with Crippen LogP contribution in [0.5, 0.6) is 0 Å². The minimum absolute atomic E-state index is 0.00377. The van der Waals surface area contributed by atoms with Gasteiger partial charge >= 0.3 is 0 Å². The second-order valence-electron chi connectivity index (χ2n) is 6.36. The van der Waals surface area contributed by atoms with E-state index < -0.39 is 0 Å². The lowest BCUT2D eigenvalue weighted by Crippen LogP contribution is -2.49. The molecule has 4 heteroatoms. The minimum Gasteiger partial charge on any atom is -0.373 e. The summed E-state index contributed by atoms with van der Waals surface area (Å²) < 4.78 is 11.5. The van der Waals surface area contributed by atoms with Crippen molar-refractivity contribution >= 4 is 16.7 Å².